The van der Waals surface area contributed by atoms with Gasteiger partial charge in [0.25, 0.3) is 0 Å². The van der Waals surface area contributed by atoms with E-state index in [1.54, 1.807) is 11.8 Å². The van der Waals surface area contributed by atoms with Gasteiger partial charge >= 0.3 is 5.97 Å². The number of carbonyl (C=O) groups excluding carboxylic acids is 1. The van der Waals surface area contributed by atoms with Crippen LogP contribution in [0.3, 0.4) is 0 Å². The number of hydrogen-bond donors (Lipinski definition) is 2. The number of benzene rings is 1. The first-order chi connectivity index (χ1) is 10.5. The molecule has 0 heterocycles. The Morgan fingerprint density at radius 1 is 1.23 bits per heavy atom. The predicted octanol–water partition coefficient (Wildman–Crippen LogP) is 2.82. The molecule has 0 saturated carbocycles. The summed E-state index contributed by atoms with van der Waals surface area (Å²) in [6.45, 7) is 6.19. The van der Waals surface area contributed by atoms with Crippen LogP contribution in [0.4, 0.5) is 0 Å². The van der Waals surface area contributed by atoms with Crippen molar-refractivity contribution in [3.05, 3.63) is 35.9 Å². The monoisotopic (exact) mass is 323 g/mol. The van der Waals surface area contributed by atoms with Gasteiger partial charge in [0, 0.05) is 6.54 Å². The van der Waals surface area contributed by atoms with Crippen LogP contribution in [0.2, 0.25) is 0 Å². The first-order valence-corrected chi connectivity index (χ1v) is 8.66. The Morgan fingerprint density at radius 3 is 2.36 bits per heavy atom. The van der Waals surface area contributed by atoms with Gasteiger partial charge in [-0.05, 0) is 23.7 Å². The van der Waals surface area contributed by atoms with E-state index < -0.39 is 11.9 Å². The zero-order chi connectivity index (χ0) is 16.5. The molecule has 2 atom stereocenters. The van der Waals surface area contributed by atoms with Gasteiger partial charge in [-0.3, -0.25) is 9.59 Å². The molecule has 0 aliphatic heterocycles. The van der Waals surface area contributed by atoms with Gasteiger partial charge in [-0.1, -0.05) is 51.1 Å². The number of nitrogens with one attached hydrogen (secondary N) is 1. The standard InChI is InChI=1S/C17H25NO3S/c1-4-22-15(12(2)3)16(19)18-11-14(17(20)21)10-13-8-6-5-7-9-13/h5-9,12,14-15H,4,10-11H2,1-3H3,(H,18,19)(H,20,21). The van der Waals surface area contributed by atoms with E-state index in [4.69, 9.17) is 0 Å². The van der Waals surface area contributed by atoms with E-state index in [2.05, 4.69) is 5.32 Å². The molecule has 1 amide bonds. The topological polar surface area (TPSA) is 66.4 Å². The van der Waals surface area contributed by atoms with Crippen molar-refractivity contribution >= 4 is 23.6 Å². The van der Waals surface area contributed by atoms with Crippen LogP contribution in [-0.2, 0) is 16.0 Å². The van der Waals surface area contributed by atoms with Gasteiger partial charge in [-0.25, -0.2) is 0 Å². The Kier molecular flexibility index (Phi) is 8.02. The maximum absolute atomic E-state index is 12.2. The zero-order valence-corrected chi connectivity index (χ0v) is 14.2. The molecule has 1 rings (SSSR count). The fraction of sp³-hybridized carbons (Fsp3) is 0.529. The number of rotatable bonds is 9. The molecule has 122 valence electrons. The summed E-state index contributed by atoms with van der Waals surface area (Å²) in [5.41, 5.74) is 0.965. The van der Waals surface area contributed by atoms with Gasteiger partial charge in [0.15, 0.2) is 0 Å². The number of carboxylic acid groups (broad SMARTS) is 1. The summed E-state index contributed by atoms with van der Waals surface area (Å²) in [6, 6.07) is 9.48. The van der Waals surface area contributed by atoms with Crippen LogP contribution in [0.5, 0.6) is 0 Å². The zero-order valence-electron chi connectivity index (χ0n) is 13.4. The third-order valence-corrected chi connectivity index (χ3v) is 4.86. The van der Waals surface area contributed by atoms with E-state index >= 15 is 0 Å². The smallest absolute Gasteiger partial charge is 0.308 e. The molecule has 0 bridgehead atoms. The second kappa shape index (κ2) is 9.51. The highest BCUT2D eigenvalue weighted by Gasteiger charge is 2.24. The molecule has 22 heavy (non-hydrogen) atoms. The predicted molar refractivity (Wildman–Crippen MR) is 91.0 cm³/mol. The molecule has 4 nitrogen and oxygen atoms in total. The first-order valence-electron chi connectivity index (χ1n) is 7.61. The molecule has 0 radical (unpaired) electrons. The van der Waals surface area contributed by atoms with E-state index in [1.165, 1.54) is 0 Å². The maximum atomic E-state index is 12.2. The summed E-state index contributed by atoms with van der Waals surface area (Å²) >= 11 is 1.60. The molecule has 5 heteroatoms. The average molecular weight is 323 g/mol. The van der Waals surface area contributed by atoms with Crippen molar-refractivity contribution in [2.24, 2.45) is 11.8 Å². The molecular formula is C17H25NO3S. The number of amides is 1. The maximum Gasteiger partial charge on any atom is 0.308 e. The number of carbonyl (C=O) groups is 2. The summed E-state index contributed by atoms with van der Waals surface area (Å²) in [4.78, 5) is 23.6. The lowest BCUT2D eigenvalue weighted by Crippen LogP contribution is -2.40. The summed E-state index contributed by atoms with van der Waals surface area (Å²) in [5.74, 6) is -0.467. The van der Waals surface area contributed by atoms with Gasteiger partial charge in [0.1, 0.15) is 0 Å². The molecule has 1 aromatic rings. The minimum atomic E-state index is -0.881. The van der Waals surface area contributed by atoms with Crippen LogP contribution in [0, 0.1) is 11.8 Å². The van der Waals surface area contributed by atoms with Gasteiger partial charge in [-0.15, -0.1) is 11.8 Å². The Balaban J connectivity index is 2.60. The number of hydrogen-bond acceptors (Lipinski definition) is 3. The Labute approximate surface area is 136 Å². The number of carboxylic acids is 1. The van der Waals surface area contributed by atoms with E-state index in [-0.39, 0.29) is 23.6 Å². The Hall–Kier alpha value is -1.49. The summed E-state index contributed by atoms with van der Waals surface area (Å²) < 4.78 is 0. The van der Waals surface area contributed by atoms with Crippen molar-refractivity contribution < 1.29 is 14.7 Å². The van der Waals surface area contributed by atoms with Gasteiger partial charge in [0.2, 0.25) is 5.91 Å². The van der Waals surface area contributed by atoms with Gasteiger partial charge in [0.05, 0.1) is 11.2 Å². The van der Waals surface area contributed by atoms with Crippen LogP contribution in [0.1, 0.15) is 26.3 Å². The molecule has 0 spiro atoms. The molecule has 0 aliphatic carbocycles. The molecule has 1 aromatic carbocycles. The normalized spacial score (nSPS) is 13.6. The van der Waals surface area contributed by atoms with Crippen molar-refractivity contribution in [1.82, 2.24) is 5.32 Å². The lowest BCUT2D eigenvalue weighted by molar-refractivity contribution is -0.141. The number of aliphatic carboxylic acids is 1. The molecule has 0 aliphatic rings. The molecule has 0 saturated heterocycles. The number of thioether (sulfide) groups is 1. The SMILES string of the molecule is CCSC(C(=O)NCC(Cc1ccccc1)C(=O)O)C(C)C. The summed E-state index contributed by atoms with van der Waals surface area (Å²) in [6.07, 6.45) is 0.420. The van der Waals surface area contributed by atoms with Crippen molar-refractivity contribution in [3.63, 3.8) is 0 Å². The van der Waals surface area contributed by atoms with Crippen LogP contribution in [-0.4, -0.2) is 34.5 Å². The van der Waals surface area contributed by atoms with Crippen LogP contribution < -0.4 is 5.32 Å². The lowest BCUT2D eigenvalue weighted by Gasteiger charge is -2.20. The van der Waals surface area contributed by atoms with Crippen LogP contribution in [0.25, 0.3) is 0 Å². The van der Waals surface area contributed by atoms with Gasteiger partial charge < -0.3 is 10.4 Å². The molecule has 0 fully saturated rings. The van der Waals surface area contributed by atoms with Crippen LogP contribution in [0.15, 0.2) is 30.3 Å². The van der Waals surface area contributed by atoms with Gasteiger partial charge in [-0.2, -0.15) is 0 Å². The van der Waals surface area contributed by atoms with E-state index in [1.807, 2.05) is 51.1 Å². The van der Waals surface area contributed by atoms with Crippen molar-refractivity contribution in [2.75, 3.05) is 12.3 Å². The fourth-order valence-electron chi connectivity index (χ4n) is 2.22. The Morgan fingerprint density at radius 2 is 1.86 bits per heavy atom. The largest absolute Gasteiger partial charge is 0.481 e. The lowest BCUT2D eigenvalue weighted by atomic mass is 9.99. The first kappa shape index (κ1) is 18.6. The van der Waals surface area contributed by atoms with Crippen LogP contribution >= 0.6 is 11.8 Å². The molecule has 0 aromatic heterocycles. The summed E-state index contributed by atoms with van der Waals surface area (Å²) in [5, 5.41) is 12.0. The Bertz CT molecular complexity index is 476. The van der Waals surface area contributed by atoms with Crippen molar-refractivity contribution in [3.8, 4) is 0 Å². The minimum Gasteiger partial charge on any atom is -0.481 e. The highest BCUT2D eigenvalue weighted by molar-refractivity contribution is 8.00. The van der Waals surface area contributed by atoms with E-state index in [9.17, 15) is 14.7 Å². The quantitative estimate of drug-likeness (QED) is 0.733. The molecule has 2 unspecified atom stereocenters. The molecular weight excluding hydrogens is 298 g/mol. The third kappa shape index (κ3) is 6.10. The second-order valence-electron chi connectivity index (χ2n) is 5.59. The van der Waals surface area contributed by atoms with E-state index in [0.717, 1.165) is 11.3 Å². The second-order valence-corrected chi connectivity index (χ2v) is 7.01. The van der Waals surface area contributed by atoms with Crippen molar-refractivity contribution in [2.45, 2.75) is 32.4 Å². The average Bonchev–Trinajstić information content (AvgIpc) is 2.49. The third-order valence-electron chi connectivity index (χ3n) is 3.41. The minimum absolute atomic E-state index is 0.0684. The molecule has 2 N–H and O–H groups in total. The highest BCUT2D eigenvalue weighted by atomic mass is 32.2. The van der Waals surface area contributed by atoms with E-state index in [0.29, 0.717) is 6.42 Å². The summed E-state index contributed by atoms with van der Waals surface area (Å²) in [7, 11) is 0. The van der Waals surface area contributed by atoms with Crippen molar-refractivity contribution in [1.29, 1.82) is 0 Å². The fourth-order valence-corrected chi connectivity index (χ4v) is 3.20. The highest BCUT2D eigenvalue weighted by Crippen LogP contribution is 2.19.